The van der Waals surface area contributed by atoms with Gasteiger partial charge in [0.1, 0.15) is 17.9 Å². The number of amides is 1. The molecule has 126 valence electrons. The number of hydrogen-bond donors (Lipinski definition) is 1. The molecular formula is C18H22N4O2. The molecule has 1 amide bonds. The second kappa shape index (κ2) is 6.26. The Labute approximate surface area is 141 Å². The minimum atomic E-state index is -0.0420. The molecule has 1 N–H and O–H groups in total. The first-order chi connectivity index (χ1) is 11.7. The van der Waals surface area contributed by atoms with Crippen molar-refractivity contribution in [2.45, 2.75) is 45.2 Å². The zero-order valence-electron chi connectivity index (χ0n) is 13.9. The molecule has 0 saturated heterocycles. The van der Waals surface area contributed by atoms with Gasteiger partial charge >= 0.3 is 0 Å². The van der Waals surface area contributed by atoms with Gasteiger partial charge in [0.25, 0.3) is 0 Å². The van der Waals surface area contributed by atoms with Crippen LogP contribution in [-0.2, 0) is 37.1 Å². The van der Waals surface area contributed by atoms with Crippen LogP contribution in [0.5, 0.6) is 5.75 Å². The number of nitrogens with one attached hydrogen (secondary N) is 1. The highest BCUT2D eigenvalue weighted by molar-refractivity contribution is 5.78. The van der Waals surface area contributed by atoms with E-state index in [4.69, 9.17) is 4.74 Å². The molecule has 1 aromatic heterocycles. The predicted octanol–water partition coefficient (Wildman–Crippen LogP) is 1.65. The Morgan fingerprint density at radius 2 is 2.17 bits per heavy atom. The van der Waals surface area contributed by atoms with Crippen LogP contribution in [0.1, 0.15) is 35.4 Å². The van der Waals surface area contributed by atoms with Crippen LogP contribution in [0.15, 0.2) is 18.5 Å². The number of aryl methyl sites for hydroxylation is 3. The molecule has 2 aliphatic rings. The SMILES string of the molecule is COc1cc2c(cc1CNC(=O)C1CCc3ncnn3C1)CCC2. The van der Waals surface area contributed by atoms with Gasteiger partial charge in [-0.15, -0.1) is 0 Å². The largest absolute Gasteiger partial charge is 0.496 e. The van der Waals surface area contributed by atoms with Crippen molar-refractivity contribution in [2.24, 2.45) is 5.92 Å². The van der Waals surface area contributed by atoms with E-state index in [0.717, 1.165) is 42.8 Å². The minimum Gasteiger partial charge on any atom is -0.496 e. The van der Waals surface area contributed by atoms with Crippen LogP contribution >= 0.6 is 0 Å². The number of hydrogen-bond acceptors (Lipinski definition) is 4. The van der Waals surface area contributed by atoms with E-state index in [2.05, 4.69) is 27.5 Å². The number of rotatable bonds is 4. The molecule has 0 spiro atoms. The van der Waals surface area contributed by atoms with Crippen molar-refractivity contribution in [3.05, 3.63) is 41.0 Å². The van der Waals surface area contributed by atoms with Crippen molar-refractivity contribution in [3.63, 3.8) is 0 Å². The molecule has 0 bridgehead atoms. The standard InChI is InChI=1S/C18H22N4O2/c1-24-16-8-13-4-2-3-12(13)7-15(16)9-19-18(23)14-5-6-17-20-11-21-22(17)10-14/h7-8,11,14H,2-6,9-10H2,1H3,(H,19,23). The normalized spacial score (nSPS) is 18.8. The minimum absolute atomic E-state index is 0.0420. The van der Waals surface area contributed by atoms with Crippen LogP contribution in [0.3, 0.4) is 0 Å². The van der Waals surface area contributed by atoms with Gasteiger partial charge in [0.15, 0.2) is 0 Å². The van der Waals surface area contributed by atoms with Crippen molar-refractivity contribution in [1.29, 1.82) is 0 Å². The van der Waals surface area contributed by atoms with Crippen molar-refractivity contribution in [3.8, 4) is 5.75 Å². The summed E-state index contributed by atoms with van der Waals surface area (Å²) in [6, 6.07) is 4.32. The molecule has 1 aliphatic carbocycles. The molecule has 0 radical (unpaired) electrons. The molecule has 4 rings (SSSR count). The lowest BCUT2D eigenvalue weighted by Gasteiger charge is -2.22. The summed E-state index contributed by atoms with van der Waals surface area (Å²) in [5.74, 6) is 1.89. The van der Waals surface area contributed by atoms with Crippen LogP contribution in [0.25, 0.3) is 0 Å². The summed E-state index contributed by atoms with van der Waals surface area (Å²) >= 11 is 0. The Hall–Kier alpha value is -2.37. The molecular weight excluding hydrogens is 304 g/mol. The summed E-state index contributed by atoms with van der Waals surface area (Å²) in [4.78, 5) is 16.7. The van der Waals surface area contributed by atoms with Gasteiger partial charge in [-0.25, -0.2) is 9.67 Å². The molecule has 2 aromatic rings. The number of fused-ring (bicyclic) bond motifs is 2. The lowest BCUT2D eigenvalue weighted by Crippen LogP contribution is -2.36. The van der Waals surface area contributed by atoms with Crippen LogP contribution in [0.2, 0.25) is 0 Å². The molecule has 1 aromatic carbocycles. The highest BCUT2D eigenvalue weighted by Crippen LogP contribution is 2.30. The molecule has 6 heteroatoms. The zero-order chi connectivity index (χ0) is 16.5. The van der Waals surface area contributed by atoms with Crippen LogP contribution in [-0.4, -0.2) is 27.8 Å². The summed E-state index contributed by atoms with van der Waals surface area (Å²) in [5, 5.41) is 7.26. The van der Waals surface area contributed by atoms with Crippen molar-refractivity contribution in [1.82, 2.24) is 20.1 Å². The fraction of sp³-hybridized carbons (Fsp3) is 0.500. The second-order valence-electron chi connectivity index (χ2n) is 6.60. The van der Waals surface area contributed by atoms with Gasteiger partial charge < -0.3 is 10.1 Å². The Kier molecular flexibility index (Phi) is 3.96. The smallest absolute Gasteiger partial charge is 0.225 e. The molecule has 1 aliphatic heterocycles. The van der Waals surface area contributed by atoms with E-state index in [1.807, 2.05) is 4.68 Å². The van der Waals surface area contributed by atoms with E-state index in [9.17, 15) is 4.79 Å². The fourth-order valence-corrected chi connectivity index (χ4v) is 3.76. The van der Waals surface area contributed by atoms with Crippen LogP contribution in [0, 0.1) is 5.92 Å². The van der Waals surface area contributed by atoms with Gasteiger partial charge in [0.2, 0.25) is 5.91 Å². The van der Waals surface area contributed by atoms with Gasteiger partial charge in [-0.05, 0) is 42.9 Å². The van der Waals surface area contributed by atoms with Crippen LogP contribution in [0.4, 0.5) is 0 Å². The highest BCUT2D eigenvalue weighted by atomic mass is 16.5. The van der Waals surface area contributed by atoms with Gasteiger partial charge in [-0.1, -0.05) is 6.07 Å². The third kappa shape index (κ3) is 2.77. The van der Waals surface area contributed by atoms with E-state index in [-0.39, 0.29) is 11.8 Å². The predicted molar refractivity (Wildman–Crippen MR) is 88.7 cm³/mol. The molecule has 2 heterocycles. The van der Waals surface area contributed by atoms with Gasteiger partial charge in [0, 0.05) is 18.5 Å². The molecule has 24 heavy (non-hydrogen) atoms. The van der Waals surface area contributed by atoms with Gasteiger partial charge in [-0.3, -0.25) is 4.79 Å². The topological polar surface area (TPSA) is 69.0 Å². The first-order valence-corrected chi connectivity index (χ1v) is 8.57. The Morgan fingerprint density at radius 3 is 3.00 bits per heavy atom. The first-order valence-electron chi connectivity index (χ1n) is 8.57. The summed E-state index contributed by atoms with van der Waals surface area (Å²) in [5.41, 5.74) is 3.83. The number of methoxy groups -OCH3 is 1. The fourth-order valence-electron chi connectivity index (χ4n) is 3.76. The maximum absolute atomic E-state index is 12.5. The maximum Gasteiger partial charge on any atom is 0.225 e. The van der Waals surface area contributed by atoms with Gasteiger partial charge in [-0.2, -0.15) is 5.10 Å². The van der Waals surface area contributed by atoms with E-state index >= 15 is 0 Å². The summed E-state index contributed by atoms with van der Waals surface area (Å²) < 4.78 is 7.35. The van der Waals surface area contributed by atoms with Gasteiger partial charge in [0.05, 0.1) is 19.6 Å². The summed E-state index contributed by atoms with van der Waals surface area (Å²) in [7, 11) is 1.69. The molecule has 1 atom stereocenters. The lowest BCUT2D eigenvalue weighted by molar-refractivity contribution is -0.126. The molecule has 6 nitrogen and oxygen atoms in total. The first kappa shape index (κ1) is 15.2. The maximum atomic E-state index is 12.5. The number of aromatic nitrogens is 3. The average Bonchev–Trinajstić information content (AvgIpc) is 3.26. The summed E-state index contributed by atoms with van der Waals surface area (Å²) in [6.45, 7) is 1.12. The number of nitrogens with zero attached hydrogens (tertiary/aromatic N) is 3. The number of carbonyl (C=O) groups excluding carboxylic acids is 1. The average molecular weight is 326 g/mol. The third-order valence-electron chi connectivity index (χ3n) is 5.12. The monoisotopic (exact) mass is 326 g/mol. The molecule has 0 saturated carbocycles. The number of ether oxygens (including phenoxy) is 1. The second-order valence-corrected chi connectivity index (χ2v) is 6.60. The third-order valence-corrected chi connectivity index (χ3v) is 5.12. The lowest BCUT2D eigenvalue weighted by atomic mass is 9.98. The number of carbonyl (C=O) groups is 1. The number of benzene rings is 1. The Morgan fingerprint density at radius 1 is 1.33 bits per heavy atom. The molecule has 1 unspecified atom stereocenters. The highest BCUT2D eigenvalue weighted by Gasteiger charge is 2.26. The van der Waals surface area contributed by atoms with E-state index in [0.29, 0.717) is 13.1 Å². The van der Waals surface area contributed by atoms with Crippen molar-refractivity contribution < 1.29 is 9.53 Å². The van der Waals surface area contributed by atoms with Crippen LogP contribution < -0.4 is 10.1 Å². The van der Waals surface area contributed by atoms with E-state index in [1.54, 1.807) is 13.4 Å². The van der Waals surface area contributed by atoms with E-state index < -0.39 is 0 Å². The Bertz CT molecular complexity index is 768. The van der Waals surface area contributed by atoms with E-state index in [1.165, 1.54) is 17.5 Å². The summed E-state index contributed by atoms with van der Waals surface area (Å²) in [6.07, 6.45) is 6.65. The Balaban J connectivity index is 1.43. The molecule has 0 fully saturated rings. The zero-order valence-corrected chi connectivity index (χ0v) is 13.9. The quantitative estimate of drug-likeness (QED) is 0.928. The van der Waals surface area contributed by atoms with Crippen molar-refractivity contribution >= 4 is 5.91 Å². The van der Waals surface area contributed by atoms with Crippen molar-refractivity contribution in [2.75, 3.05) is 7.11 Å².